The van der Waals surface area contributed by atoms with Crippen molar-refractivity contribution in [3.8, 4) is 0 Å². The van der Waals surface area contributed by atoms with Crippen LogP contribution < -0.4 is 0 Å². The molecule has 14 heavy (non-hydrogen) atoms. The van der Waals surface area contributed by atoms with Crippen molar-refractivity contribution in [2.24, 2.45) is 0 Å². The monoisotopic (exact) mass is 201 g/mol. The van der Waals surface area contributed by atoms with Crippen LogP contribution in [0.1, 0.15) is 32.6 Å². The fraction of sp³-hybridized carbons (Fsp3) is 0.667. The van der Waals surface area contributed by atoms with Crippen LogP contribution in [0.15, 0.2) is 0 Å². The van der Waals surface area contributed by atoms with E-state index in [1.165, 1.54) is 6.92 Å². The Hall–Kier alpha value is -1.39. The Kier molecular flexibility index (Phi) is 6.36. The number of carboxylic acid groups (broad SMARTS) is 1. The van der Waals surface area contributed by atoms with Crippen LogP contribution in [-0.4, -0.2) is 34.8 Å². The van der Waals surface area contributed by atoms with Gasteiger partial charge in [-0.15, -0.1) is 0 Å². The number of carboxylic acids is 1. The molecule has 0 fully saturated rings. The van der Waals surface area contributed by atoms with Gasteiger partial charge in [0.1, 0.15) is 0 Å². The van der Waals surface area contributed by atoms with Crippen LogP contribution in [0, 0.1) is 0 Å². The molecule has 0 aromatic rings. The molecule has 0 aliphatic carbocycles. The molecule has 0 rings (SSSR count). The van der Waals surface area contributed by atoms with E-state index in [-0.39, 0.29) is 12.3 Å². The van der Waals surface area contributed by atoms with Crippen LogP contribution >= 0.6 is 0 Å². The van der Waals surface area contributed by atoms with Gasteiger partial charge >= 0.3 is 5.97 Å². The van der Waals surface area contributed by atoms with E-state index < -0.39 is 5.97 Å². The van der Waals surface area contributed by atoms with Crippen molar-refractivity contribution in [3.05, 3.63) is 0 Å². The third kappa shape index (κ3) is 6.16. The summed E-state index contributed by atoms with van der Waals surface area (Å²) in [7, 11) is 0. The van der Waals surface area contributed by atoms with Gasteiger partial charge in [-0.2, -0.15) is 0 Å². The molecule has 5 nitrogen and oxygen atoms in total. The van der Waals surface area contributed by atoms with Crippen molar-refractivity contribution in [1.82, 2.24) is 4.90 Å². The van der Waals surface area contributed by atoms with Crippen LogP contribution in [0.3, 0.4) is 0 Å². The zero-order valence-electron chi connectivity index (χ0n) is 8.23. The topological polar surface area (TPSA) is 74.7 Å². The number of hydrogen-bond acceptors (Lipinski definition) is 3. The van der Waals surface area contributed by atoms with E-state index in [0.717, 1.165) is 4.90 Å². The first kappa shape index (κ1) is 12.6. The van der Waals surface area contributed by atoms with Gasteiger partial charge in [-0.1, -0.05) is 6.42 Å². The Morgan fingerprint density at radius 2 is 1.93 bits per heavy atom. The molecule has 0 saturated heterocycles. The summed E-state index contributed by atoms with van der Waals surface area (Å²) in [5, 5.41) is 8.34. The molecule has 0 bridgehead atoms. The maximum atomic E-state index is 10.7. The third-order valence-electron chi connectivity index (χ3n) is 1.82. The molecule has 5 heteroatoms. The second-order valence-electron chi connectivity index (χ2n) is 3.02. The SMILES string of the molecule is CC(=O)N(C=O)CCCCCC(=O)O. The lowest BCUT2D eigenvalue weighted by atomic mass is 10.2. The summed E-state index contributed by atoms with van der Waals surface area (Å²) >= 11 is 0. The minimum Gasteiger partial charge on any atom is -0.481 e. The van der Waals surface area contributed by atoms with Crippen LogP contribution in [-0.2, 0) is 14.4 Å². The van der Waals surface area contributed by atoms with Gasteiger partial charge in [0.15, 0.2) is 0 Å². The molecule has 0 heterocycles. The lowest BCUT2D eigenvalue weighted by Crippen LogP contribution is -2.27. The predicted molar refractivity (Wildman–Crippen MR) is 49.6 cm³/mol. The van der Waals surface area contributed by atoms with Gasteiger partial charge in [0.25, 0.3) is 0 Å². The van der Waals surface area contributed by atoms with Gasteiger partial charge in [0, 0.05) is 19.9 Å². The van der Waals surface area contributed by atoms with E-state index in [1.807, 2.05) is 0 Å². The van der Waals surface area contributed by atoms with E-state index in [0.29, 0.717) is 32.2 Å². The van der Waals surface area contributed by atoms with Gasteiger partial charge in [0.05, 0.1) is 0 Å². The van der Waals surface area contributed by atoms with Crippen molar-refractivity contribution in [2.75, 3.05) is 6.54 Å². The molecule has 1 N–H and O–H groups in total. The quantitative estimate of drug-likeness (QED) is 0.484. The summed E-state index contributed by atoms with van der Waals surface area (Å²) < 4.78 is 0. The van der Waals surface area contributed by atoms with E-state index >= 15 is 0 Å². The number of nitrogens with zero attached hydrogens (tertiary/aromatic N) is 1. The molecule has 0 aromatic carbocycles. The second kappa shape index (κ2) is 7.06. The molecule has 0 atom stereocenters. The van der Waals surface area contributed by atoms with Crippen molar-refractivity contribution in [2.45, 2.75) is 32.6 Å². The lowest BCUT2D eigenvalue weighted by molar-refractivity contribution is -0.138. The Morgan fingerprint density at radius 1 is 1.29 bits per heavy atom. The second-order valence-corrected chi connectivity index (χ2v) is 3.02. The summed E-state index contributed by atoms with van der Waals surface area (Å²) in [6.07, 6.45) is 2.59. The summed E-state index contributed by atoms with van der Waals surface area (Å²) in [5.41, 5.74) is 0. The molecule has 2 amide bonds. The maximum absolute atomic E-state index is 10.7. The van der Waals surface area contributed by atoms with E-state index in [9.17, 15) is 14.4 Å². The Balaban J connectivity index is 3.47. The number of carbonyl (C=O) groups is 3. The summed E-state index contributed by atoms with van der Waals surface area (Å²) in [6.45, 7) is 1.70. The highest BCUT2D eigenvalue weighted by Crippen LogP contribution is 2.01. The molecule has 80 valence electrons. The normalized spacial score (nSPS) is 9.50. The van der Waals surface area contributed by atoms with E-state index in [2.05, 4.69) is 0 Å². The van der Waals surface area contributed by atoms with Gasteiger partial charge in [-0.25, -0.2) is 0 Å². The number of imide groups is 1. The predicted octanol–water partition coefficient (Wildman–Crippen LogP) is 0.636. The maximum Gasteiger partial charge on any atom is 0.303 e. The molecular weight excluding hydrogens is 186 g/mol. The highest BCUT2D eigenvalue weighted by atomic mass is 16.4. The van der Waals surface area contributed by atoms with Crippen LogP contribution in [0.4, 0.5) is 0 Å². The van der Waals surface area contributed by atoms with Crippen molar-refractivity contribution in [3.63, 3.8) is 0 Å². The van der Waals surface area contributed by atoms with Gasteiger partial charge in [-0.05, 0) is 12.8 Å². The molecule has 0 spiro atoms. The van der Waals surface area contributed by atoms with Crippen molar-refractivity contribution >= 4 is 18.3 Å². The molecule has 0 radical (unpaired) electrons. The molecule has 0 saturated carbocycles. The van der Waals surface area contributed by atoms with Crippen molar-refractivity contribution < 1.29 is 19.5 Å². The van der Waals surface area contributed by atoms with Crippen LogP contribution in [0.5, 0.6) is 0 Å². The van der Waals surface area contributed by atoms with Gasteiger partial charge < -0.3 is 5.11 Å². The number of aliphatic carboxylic acids is 1. The zero-order chi connectivity index (χ0) is 11.0. The minimum absolute atomic E-state index is 0.140. The van der Waals surface area contributed by atoms with Crippen LogP contribution in [0.2, 0.25) is 0 Å². The Morgan fingerprint density at radius 3 is 2.36 bits per heavy atom. The van der Waals surface area contributed by atoms with Crippen molar-refractivity contribution in [1.29, 1.82) is 0 Å². The number of carbonyl (C=O) groups excluding carboxylic acids is 2. The summed E-state index contributed by atoms with van der Waals surface area (Å²) in [6, 6.07) is 0. The van der Waals surface area contributed by atoms with E-state index in [1.54, 1.807) is 0 Å². The first-order chi connectivity index (χ1) is 6.57. The average Bonchev–Trinajstić information content (AvgIpc) is 2.10. The zero-order valence-corrected chi connectivity index (χ0v) is 8.23. The number of amides is 2. The number of hydrogen-bond donors (Lipinski definition) is 1. The minimum atomic E-state index is -0.816. The number of rotatable bonds is 7. The lowest BCUT2D eigenvalue weighted by Gasteiger charge is -2.11. The first-order valence-corrected chi connectivity index (χ1v) is 4.52. The molecule has 0 unspecified atom stereocenters. The average molecular weight is 201 g/mol. The van der Waals surface area contributed by atoms with Gasteiger partial charge in [0.2, 0.25) is 12.3 Å². The molecule has 0 aromatic heterocycles. The fourth-order valence-electron chi connectivity index (χ4n) is 1.02. The third-order valence-corrected chi connectivity index (χ3v) is 1.82. The van der Waals surface area contributed by atoms with Crippen LogP contribution in [0.25, 0.3) is 0 Å². The highest BCUT2D eigenvalue weighted by Gasteiger charge is 2.05. The summed E-state index contributed by atoms with van der Waals surface area (Å²) in [5.74, 6) is -1.10. The summed E-state index contributed by atoms with van der Waals surface area (Å²) in [4.78, 5) is 32.3. The number of unbranched alkanes of at least 4 members (excludes halogenated alkanes) is 2. The van der Waals surface area contributed by atoms with E-state index in [4.69, 9.17) is 5.11 Å². The molecule has 0 aliphatic rings. The molecular formula is C9H15NO4. The highest BCUT2D eigenvalue weighted by molar-refractivity contribution is 5.83. The van der Waals surface area contributed by atoms with Gasteiger partial charge in [-0.3, -0.25) is 19.3 Å². The fourth-order valence-corrected chi connectivity index (χ4v) is 1.02. The Bertz CT molecular complexity index is 215. The first-order valence-electron chi connectivity index (χ1n) is 4.52. The molecule has 0 aliphatic heterocycles. The Labute approximate surface area is 82.7 Å². The smallest absolute Gasteiger partial charge is 0.303 e. The largest absolute Gasteiger partial charge is 0.481 e. The standard InChI is InChI=1S/C9H15NO4/c1-8(12)10(7-11)6-4-2-3-5-9(13)14/h7H,2-6H2,1H3,(H,13,14).